The van der Waals surface area contributed by atoms with Crippen molar-refractivity contribution in [1.82, 2.24) is 14.5 Å². The summed E-state index contributed by atoms with van der Waals surface area (Å²) in [5.41, 5.74) is 0.824. The third-order valence-electron chi connectivity index (χ3n) is 3.90. The van der Waals surface area contributed by atoms with E-state index in [1.54, 1.807) is 24.3 Å². The zero-order chi connectivity index (χ0) is 17.2. The van der Waals surface area contributed by atoms with Crippen molar-refractivity contribution >= 4 is 21.6 Å². The third-order valence-corrected chi connectivity index (χ3v) is 6.03. The summed E-state index contributed by atoms with van der Waals surface area (Å²) in [4.78, 5) is 0.221. The molecule has 2 aromatic rings. The van der Waals surface area contributed by atoms with Crippen LogP contribution in [0, 0.1) is 6.92 Å². The SMILES string of the molecule is Cc1ccc(OC2CCN(S(=O)(=O)c3cccc(Cl)c3)CC2)nn1. The Morgan fingerprint density at radius 2 is 1.92 bits per heavy atom. The van der Waals surface area contributed by atoms with Gasteiger partial charge in [-0.1, -0.05) is 17.7 Å². The molecule has 1 aromatic carbocycles. The van der Waals surface area contributed by atoms with Gasteiger partial charge in [0, 0.05) is 24.2 Å². The first kappa shape index (κ1) is 17.1. The number of halogens is 1. The van der Waals surface area contributed by atoms with Gasteiger partial charge in [-0.3, -0.25) is 0 Å². The van der Waals surface area contributed by atoms with Crippen molar-refractivity contribution in [2.45, 2.75) is 30.8 Å². The van der Waals surface area contributed by atoms with E-state index in [0.29, 0.717) is 36.8 Å². The fourth-order valence-electron chi connectivity index (χ4n) is 2.59. The summed E-state index contributed by atoms with van der Waals surface area (Å²) in [5, 5.41) is 8.34. The highest BCUT2D eigenvalue weighted by Crippen LogP contribution is 2.24. The number of nitrogens with zero attached hydrogens (tertiary/aromatic N) is 3. The predicted molar refractivity (Wildman–Crippen MR) is 90.6 cm³/mol. The minimum Gasteiger partial charge on any atom is -0.473 e. The molecule has 2 heterocycles. The lowest BCUT2D eigenvalue weighted by Gasteiger charge is -2.31. The minimum atomic E-state index is -3.52. The zero-order valence-corrected chi connectivity index (χ0v) is 14.8. The van der Waals surface area contributed by atoms with Crippen molar-refractivity contribution in [2.75, 3.05) is 13.1 Å². The Labute approximate surface area is 146 Å². The molecule has 24 heavy (non-hydrogen) atoms. The number of ether oxygens (including phenoxy) is 1. The van der Waals surface area contributed by atoms with E-state index in [4.69, 9.17) is 16.3 Å². The van der Waals surface area contributed by atoms with Crippen LogP contribution in [-0.2, 0) is 10.0 Å². The average Bonchev–Trinajstić information content (AvgIpc) is 2.57. The molecule has 8 heteroatoms. The maximum absolute atomic E-state index is 12.6. The molecule has 0 spiro atoms. The maximum atomic E-state index is 12.6. The smallest absolute Gasteiger partial charge is 0.243 e. The Morgan fingerprint density at radius 1 is 1.17 bits per heavy atom. The van der Waals surface area contributed by atoms with Crippen LogP contribution in [0.3, 0.4) is 0 Å². The number of hydrogen-bond donors (Lipinski definition) is 0. The van der Waals surface area contributed by atoms with Crippen molar-refractivity contribution in [1.29, 1.82) is 0 Å². The van der Waals surface area contributed by atoms with Gasteiger partial charge in [-0.15, -0.1) is 5.10 Å². The van der Waals surface area contributed by atoms with Crippen LogP contribution < -0.4 is 4.74 Å². The van der Waals surface area contributed by atoms with Crippen LogP contribution in [0.25, 0.3) is 0 Å². The van der Waals surface area contributed by atoms with Crippen LogP contribution in [0.5, 0.6) is 5.88 Å². The molecule has 1 fully saturated rings. The van der Waals surface area contributed by atoms with Gasteiger partial charge in [0.05, 0.1) is 10.6 Å². The average molecular weight is 368 g/mol. The number of sulfonamides is 1. The minimum absolute atomic E-state index is 0.0622. The van der Waals surface area contributed by atoms with E-state index in [2.05, 4.69) is 10.2 Å². The summed E-state index contributed by atoms with van der Waals surface area (Å²) in [7, 11) is -3.52. The number of aromatic nitrogens is 2. The van der Waals surface area contributed by atoms with Gasteiger partial charge in [-0.05, 0) is 44.0 Å². The number of rotatable bonds is 4. The molecular formula is C16H18ClN3O3S. The Morgan fingerprint density at radius 3 is 2.54 bits per heavy atom. The normalized spacial score (nSPS) is 16.9. The van der Waals surface area contributed by atoms with Gasteiger partial charge >= 0.3 is 0 Å². The van der Waals surface area contributed by atoms with Crippen molar-refractivity contribution < 1.29 is 13.2 Å². The molecule has 0 N–H and O–H groups in total. The Hall–Kier alpha value is -1.70. The topological polar surface area (TPSA) is 72.4 Å². The Bertz CT molecular complexity index is 804. The summed E-state index contributed by atoms with van der Waals surface area (Å²) in [6.07, 6.45) is 1.15. The molecule has 0 radical (unpaired) electrons. The van der Waals surface area contributed by atoms with Crippen LogP contribution >= 0.6 is 11.6 Å². The highest BCUT2D eigenvalue weighted by Gasteiger charge is 2.30. The van der Waals surface area contributed by atoms with E-state index in [1.807, 2.05) is 13.0 Å². The van der Waals surface area contributed by atoms with Crippen LogP contribution in [0.2, 0.25) is 5.02 Å². The molecule has 1 aliphatic rings. The monoisotopic (exact) mass is 367 g/mol. The van der Waals surface area contributed by atoms with E-state index in [-0.39, 0.29) is 11.0 Å². The summed E-state index contributed by atoms with van der Waals surface area (Å²) in [6, 6.07) is 9.94. The van der Waals surface area contributed by atoms with Crippen molar-refractivity contribution in [3.05, 3.63) is 47.1 Å². The molecule has 128 valence electrons. The second kappa shape index (κ2) is 7.04. The fourth-order valence-corrected chi connectivity index (χ4v) is 4.36. The number of hydrogen-bond acceptors (Lipinski definition) is 5. The van der Waals surface area contributed by atoms with Crippen LogP contribution in [0.15, 0.2) is 41.3 Å². The van der Waals surface area contributed by atoms with Crippen LogP contribution in [0.4, 0.5) is 0 Å². The van der Waals surface area contributed by atoms with Gasteiger partial charge < -0.3 is 4.74 Å². The molecule has 3 rings (SSSR count). The molecule has 0 saturated carbocycles. The zero-order valence-electron chi connectivity index (χ0n) is 13.2. The Balaban J connectivity index is 1.63. The van der Waals surface area contributed by atoms with Crippen molar-refractivity contribution in [3.8, 4) is 5.88 Å². The molecule has 1 aromatic heterocycles. The molecule has 0 bridgehead atoms. The van der Waals surface area contributed by atoms with Gasteiger partial charge in [0.1, 0.15) is 6.10 Å². The molecular weight excluding hydrogens is 350 g/mol. The van der Waals surface area contributed by atoms with Gasteiger partial charge in [0.2, 0.25) is 15.9 Å². The van der Waals surface area contributed by atoms with Gasteiger partial charge in [-0.2, -0.15) is 9.40 Å². The predicted octanol–water partition coefficient (Wildman–Crippen LogP) is 2.67. The first-order chi connectivity index (χ1) is 11.4. The summed E-state index contributed by atoms with van der Waals surface area (Å²) >= 11 is 5.90. The molecule has 0 unspecified atom stereocenters. The molecule has 0 atom stereocenters. The van der Waals surface area contributed by atoms with E-state index >= 15 is 0 Å². The third kappa shape index (κ3) is 3.85. The van der Waals surface area contributed by atoms with Crippen molar-refractivity contribution in [3.63, 3.8) is 0 Å². The van der Waals surface area contributed by atoms with Crippen LogP contribution in [0.1, 0.15) is 18.5 Å². The summed E-state index contributed by atoms with van der Waals surface area (Å²) in [5.74, 6) is 0.469. The number of benzene rings is 1. The van der Waals surface area contributed by atoms with E-state index in [0.717, 1.165) is 5.69 Å². The van der Waals surface area contributed by atoms with Gasteiger partial charge in [0.15, 0.2) is 0 Å². The lowest BCUT2D eigenvalue weighted by Crippen LogP contribution is -2.41. The summed E-state index contributed by atoms with van der Waals surface area (Å²) < 4.78 is 32.5. The van der Waals surface area contributed by atoms with E-state index in [9.17, 15) is 8.42 Å². The van der Waals surface area contributed by atoms with Crippen molar-refractivity contribution in [2.24, 2.45) is 0 Å². The first-order valence-electron chi connectivity index (χ1n) is 7.68. The van der Waals surface area contributed by atoms with Gasteiger partial charge in [-0.25, -0.2) is 8.42 Å². The first-order valence-corrected chi connectivity index (χ1v) is 9.50. The molecule has 0 amide bonds. The number of aryl methyl sites for hydroxylation is 1. The number of piperidine rings is 1. The maximum Gasteiger partial charge on any atom is 0.243 e. The van der Waals surface area contributed by atoms with Crippen LogP contribution in [-0.4, -0.2) is 42.1 Å². The van der Waals surface area contributed by atoms with E-state index < -0.39 is 10.0 Å². The quantitative estimate of drug-likeness (QED) is 0.830. The molecule has 1 saturated heterocycles. The highest BCUT2D eigenvalue weighted by atomic mass is 35.5. The summed E-state index contributed by atoms with van der Waals surface area (Å²) in [6.45, 7) is 2.66. The fraction of sp³-hybridized carbons (Fsp3) is 0.375. The highest BCUT2D eigenvalue weighted by molar-refractivity contribution is 7.89. The second-order valence-electron chi connectivity index (χ2n) is 5.69. The lowest BCUT2D eigenvalue weighted by molar-refractivity contribution is 0.128. The second-order valence-corrected chi connectivity index (χ2v) is 8.07. The lowest BCUT2D eigenvalue weighted by atomic mass is 10.1. The largest absolute Gasteiger partial charge is 0.473 e. The van der Waals surface area contributed by atoms with E-state index in [1.165, 1.54) is 10.4 Å². The Kier molecular flexibility index (Phi) is 5.03. The molecule has 1 aliphatic heterocycles. The standard InChI is InChI=1S/C16H18ClN3O3S/c1-12-5-6-16(19-18-12)23-14-7-9-20(10-8-14)24(21,22)15-4-2-3-13(17)11-15/h2-6,11,14H,7-10H2,1H3. The van der Waals surface area contributed by atoms with Gasteiger partial charge in [0.25, 0.3) is 0 Å². The molecule has 6 nitrogen and oxygen atoms in total. The molecule has 0 aliphatic carbocycles.